The Morgan fingerprint density at radius 3 is 2.33 bits per heavy atom. The van der Waals surface area contributed by atoms with Gasteiger partial charge in [0, 0.05) is 25.2 Å². The first-order valence-corrected chi connectivity index (χ1v) is 10.8. The van der Waals surface area contributed by atoms with Crippen LogP contribution < -0.4 is 5.32 Å². The zero-order valence-electron chi connectivity index (χ0n) is 15.8. The molecule has 2 rings (SSSR count). The maximum absolute atomic E-state index is 12.8. The number of benzene rings is 2. The highest BCUT2D eigenvalue weighted by Crippen LogP contribution is 2.26. The predicted octanol–water partition coefficient (Wildman–Crippen LogP) is 3.90. The molecule has 1 amide bonds. The summed E-state index contributed by atoms with van der Waals surface area (Å²) in [5.41, 5.74) is 1.39. The first-order valence-electron chi connectivity index (χ1n) is 8.94. The quantitative estimate of drug-likeness (QED) is 0.720. The Balaban J connectivity index is 2.18. The third-order valence-electron chi connectivity index (χ3n) is 4.45. The van der Waals surface area contributed by atoms with Gasteiger partial charge in [0.25, 0.3) is 5.91 Å². The molecule has 0 aliphatic rings. The van der Waals surface area contributed by atoms with E-state index in [2.05, 4.69) is 5.32 Å². The van der Waals surface area contributed by atoms with E-state index in [9.17, 15) is 13.2 Å². The molecule has 146 valence electrons. The minimum atomic E-state index is -3.74. The maximum atomic E-state index is 12.8. The van der Waals surface area contributed by atoms with Crippen LogP contribution in [-0.4, -0.2) is 38.3 Å². The van der Waals surface area contributed by atoms with Crippen molar-refractivity contribution in [3.63, 3.8) is 0 Å². The van der Waals surface area contributed by atoms with Gasteiger partial charge in [-0.3, -0.25) is 4.79 Å². The molecule has 0 bridgehead atoms. The number of nitrogens with one attached hydrogen (secondary N) is 1. The number of amides is 1. The third-order valence-corrected chi connectivity index (χ3v) is 6.99. The number of halogens is 1. The van der Waals surface area contributed by atoms with Crippen molar-refractivity contribution in [2.45, 2.75) is 31.6 Å². The zero-order valence-corrected chi connectivity index (χ0v) is 17.3. The van der Waals surface area contributed by atoms with Crippen LogP contribution in [0.1, 0.15) is 42.6 Å². The van der Waals surface area contributed by atoms with Crippen LogP contribution in [-0.2, 0) is 10.0 Å². The second-order valence-corrected chi connectivity index (χ2v) is 8.57. The molecular weight excluding hydrogens is 384 g/mol. The number of nitrogens with zero attached hydrogens (tertiary/aromatic N) is 1. The molecule has 2 aromatic rings. The first kappa shape index (κ1) is 21.4. The molecule has 0 unspecified atom stereocenters. The van der Waals surface area contributed by atoms with Crippen molar-refractivity contribution < 1.29 is 13.2 Å². The van der Waals surface area contributed by atoms with Crippen molar-refractivity contribution in [1.82, 2.24) is 9.62 Å². The Morgan fingerprint density at radius 1 is 1.11 bits per heavy atom. The SMILES string of the molecule is CCN(CC)S(=O)(=O)c1cc(C(=O)NC[C@@H](C)c2ccccc2)ccc1Cl. The lowest BCUT2D eigenvalue weighted by molar-refractivity contribution is 0.0951. The Labute approximate surface area is 166 Å². The molecule has 0 radical (unpaired) electrons. The van der Waals surface area contributed by atoms with Gasteiger partial charge in [0.15, 0.2) is 0 Å². The van der Waals surface area contributed by atoms with E-state index < -0.39 is 10.0 Å². The normalized spacial score (nSPS) is 12.8. The molecule has 0 aliphatic carbocycles. The second kappa shape index (κ2) is 9.35. The fourth-order valence-electron chi connectivity index (χ4n) is 2.79. The molecule has 0 aliphatic heterocycles. The molecular formula is C20H25ClN2O3S. The van der Waals surface area contributed by atoms with E-state index in [1.165, 1.54) is 22.5 Å². The Hall–Kier alpha value is -1.89. The topological polar surface area (TPSA) is 66.5 Å². The molecule has 27 heavy (non-hydrogen) atoms. The lowest BCUT2D eigenvalue weighted by Gasteiger charge is -2.19. The van der Waals surface area contributed by atoms with E-state index >= 15 is 0 Å². The molecule has 1 N–H and O–H groups in total. The lowest BCUT2D eigenvalue weighted by Crippen LogP contribution is -2.31. The van der Waals surface area contributed by atoms with Crippen LogP contribution >= 0.6 is 11.6 Å². The van der Waals surface area contributed by atoms with Gasteiger partial charge in [-0.15, -0.1) is 0 Å². The largest absolute Gasteiger partial charge is 0.351 e. The number of carbonyl (C=O) groups excluding carboxylic acids is 1. The molecule has 5 nitrogen and oxygen atoms in total. The van der Waals surface area contributed by atoms with E-state index in [0.29, 0.717) is 19.6 Å². The predicted molar refractivity (Wildman–Crippen MR) is 109 cm³/mol. The van der Waals surface area contributed by atoms with Crippen molar-refractivity contribution >= 4 is 27.5 Å². The smallest absolute Gasteiger partial charge is 0.251 e. The molecule has 0 fully saturated rings. The van der Waals surface area contributed by atoms with E-state index in [0.717, 1.165) is 5.56 Å². The summed E-state index contributed by atoms with van der Waals surface area (Å²) in [5.74, 6) is -0.188. The summed E-state index contributed by atoms with van der Waals surface area (Å²) in [5, 5.41) is 2.97. The van der Waals surface area contributed by atoms with Crippen molar-refractivity contribution in [1.29, 1.82) is 0 Å². The van der Waals surface area contributed by atoms with Crippen molar-refractivity contribution in [3.8, 4) is 0 Å². The van der Waals surface area contributed by atoms with Crippen LogP contribution in [0, 0.1) is 0 Å². The third kappa shape index (κ3) is 5.09. The number of hydrogen-bond acceptors (Lipinski definition) is 3. The van der Waals surface area contributed by atoms with Gasteiger partial charge >= 0.3 is 0 Å². The second-order valence-electron chi connectivity index (χ2n) is 6.26. The molecule has 7 heteroatoms. The number of rotatable bonds is 8. The maximum Gasteiger partial charge on any atom is 0.251 e. The number of sulfonamides is 1. The van der Waals surface area contributed by atoms with Gasteiger partial charge in [-0.25, -0.2) is 8.42 Å². The highest BCUT2D eigenvalue weighted by molar-refractivity contribution is 7.89. The summed E-state index contributed by atoms with van der Waals surface area (Å²) in [6.07, 6.45) is 0. The fourth-order valence-corrected chi connectivity index (χ4v) is 4.75. The fraction of sp³-hybridized carbons (Fsp3) is 0.350. The minimum absolute atomic E-state index is 0.0448. The first-order chi connectivity index (χ1) is 12.8. The Kier molecular flexibility index (Phi) is 7.41. The molecule has 0 aromatic heterocycles. The van der Waals surface area contributed by atoms with Crippen molar-refractivity contribution in [2.24, 2.45) is 0 Å². The van der Waals surface area contributed by atoms with Crippen LogP contribution in [0.3, 0.4) is 0 Å². The van der Waals surface area contributed by atoms with Crippen molar-refractivity contribution in [2.75, 3.05) is 19.6 Å². The average Bonchev–Trinajstić information content (AvgIpc) is 2.67. The van der Waals surface area contributed by atoms with Crippen LogP contribution in [0.15, 0.2) is 53.4 Å². The number of hydrogen-bond donors (Lipinski definition) is 1. The van der Waals surface area contributed by atoms with Gasteiger partial charge < -0.3 is 5.32 Å². The van der Waals surface area contributed by atoms with Gasteiger partial charge in [-0.1, -0.05) is 62.7 Å². The van der Waals surface area contributed by atoms with E-state index in [1.807, 2.05) is 37.3 Å². The molecule has 1 atom stereocenters. The summed E-state index contributed by atoms with van der Waals surface area (Å²) in [4.78, 5) is 12.5. The van der Waals surface area contributed by atoms with Crippen LogP contribution in [0.4, 0.5) is 0 Å². The average molecular weight is 409 g/mol. The van der Waals surface area contributed by atoms with E-state index in [1.54, 1.807) is 13.8 Å². The molecule has 0 spiro atoms. The van der Waals surface area contributed by atoms with Gasteiger partial charge in [0.05, 0.1) is 5.02 Å². The highest BCUT2D eigenvalue weighted by atomic mass is 35.5. The van der Waals surface area contributed by atoms with Gasteiger partial charge in [-0.2, -0.15) is 4.31 Å². The summed E-state index contributed by atoms with van der Waals surface area (Å²) in [6, 6.07) is 14.2. The van der Waals surface area contributed by atoms with Gasteiger partial charge in [0.2, 0.25) is 10.0 Å². The van der Waals surface area contributed by atoms with Crippen LogP contribution in [0.25, 0.3) is 0 Å². The summed E-state index contributed by atoms with van der Waals surface area (Å²) in [7, 11) is -3.74. The molecule has 2 aromatic carbocycles. The van der Waals surface area contributed by atoms with Gasteiger partial charge in [-0.05, 0) is 29.7 Å². The lowest BCUT2D eigenvalue weighted by atomic mass is 10.0. The number of carbonyl (C=O) groups is 1. The highest BCUT2D eigenvalue weighted by Gasteiger charge is 2.25. The summed E-state index contributed by atoms with van der Waals surface area (Å²) < 4.78 is 26.8. The molecule has 0 saturated heterocycles. The summed E-state index contributed by atoms with van der Waals surface area (Å²) >= 11 is 6.11. The van der Waals surface area contributed by atoms with Crippen molar-refractivity contribution in [3.05, 3.63) is 64.7 Å². The molecule has 0 saturated carbocycles. The minimum Gasteiger partial charge on any atom is -0.351 e. The Morgan fingerprint density at radius 2 is 1.74 bits per heavy atom. The van der Waals surface area contributed by atoms with Crippen LogP contribution in [0.2, 0.25) is 5.02 Å². The van der Waals surface area contributed by atoms with Gasteiger partial charge in [0.1, 0.15) is 4.90 Å². The standard InChI is InChI=1S/C20H25ClN2O3S/c1-4-23(5-2)27(25,26)19-13-17(11-12-18(19)21)20(24)22-14-15(3)16-9-7-6-8-10-16/h6-13,15H,4-5,14H2,1-3H3,(H,22,24)/t15-/m1/s1. The van der Waals surface area contributed by atoms with Crippen LogP contribution in [0.5, 0.6) is 0 Å². The summed E-state index contributed by atoms with van der Waals surface area (Å²) in [6.45, 7) is 6.66. The van der Waals surface area contributed by atoms with E-state index in [4.69, 9.17) is 11.6 Å². The molecule has 0 heterocycles. The van der Waals surface area contributed by atoms with E-state index in [-0.39, 0.29) is 27.3 Å². The monoisotopic (exact) mass is 408 g/mol. The zero-order chi connectivity index (χ0) is 20.0. The Bertz CT molecular complexity index is 881.